The molecule has 2 atom stereocenters. The molecule has 0 amide bonds. The molecule has 0 aromatic heterocycles. The van der Waals surface area contributed by atoms with Crippen LogP contribution >= 0.6 is 0 Å². The van der Waals surface area contributed by atoms with E-state index in [1.165, 1.54) is 5.56 Å². The molecule has 3 aromatic carbocycles. The maximum atomic E-state index is 12.7. The first-order valence-electron chi connectivity index (χ1n) is 9.34. The van der Waals surface area contributed by atoms with Gasteiger partial charge in [-0.3, -0.25) is 4.79 Å². The van der Waals surface area contributed by atoms with Crippen LogP contribution in [-0.4, -0.2) is 12.0 Å². The first-order valence-corrected chi connectivity index (χ1v) is 9.34. The summed E-state index contributed by atoms with van der Waals surface area (Å²) in [5, 5.41) is 3.51. The molecule has 138 valence electrons. The fourth-order valence-corrected chi connectivity index (χ4v) is 3.02. The third-order valence-electron chi connectivity index (χ3n) is 4.65. The van der Waals surface area contributed by atoms with Crippen LogP contribution < -0.4 is 10.1 Å². The molecule has 0 heterocycles. The molecule has 0 unspecified atom stereocenters. The van der Waals surface area contributed by atoms with Crippen LogP contribution in [0.2, 0.25) is 0 Å². The highest BCUT2D eigenvalue weighted by Crippen LogP contribution is 2.20. The van der Waals surface area contributed by atoms with Gasteiger partial charge in [0.05, 0.1) is 5.92 Å². The molecule has 0 bridgehead atoms. The topological polar surface area (TPSA) is 38.3 Å². The molecule has 0 saturated carbocycles. The van der Waals surface area contributed by atoms with Gasteiger partial charge in [-0.15, -0.1) is 0 Å². The number of rotatable bonds is 8. The minimum atomic E-state index is -0.283. The molecule has 0 spiro atoms. The van der Waals surface area contributed by atoms with E-state index in [0.717, 1.165) is 18.5 Å². The lowest BCUT2D eigenvalue weighted by Gasteiger charge is -2.25. The van der Waals surface area contributed by atoms with Gasteiger partial charge in [-0.05, 0) is 49.6 Å². The van der Waals surface area contributed by atoms with E-state index in [4.69, 9.17) is 4.74 Å². The van der Waals surface area contributed by atoms with Crippen LogP contribution in [0.5, 0.6) is 5.75 Å². The maximum Gasteiger partial charge on any atom is 0.316 e. The van der Waals surface area contributed by atoms with Crippen molar-refractivity contribution >= 4 is 11.7 Å². The van der Waals surface area contributed by atoms with Gasteiger partial charge in [-0.25, -0.2) is 0 Å². The Morgan fingerprint density at radius 2 is 1.41 bits per heavy atom. The fraction of sp³-hybridized carbons (Fsp3) is 0.208. The lowest BCUT2D eigenvalue weighted by Crippen LogP contribution is -2.35. The summed E-state index contributed by atoms with van der Waals surface area (Å²) in [5.41, 5.74) is 2.27. The predicted octanol–water partition coefficient (Wildman–Crippen LogP) is 5.34. The highest BCUT2D eigenvalue weighted by molar-refractivity contribution is 5.76. The predicted molar refractivity (Wildman–Crippen MR) is 110 cm³/mol. The third-order valence-corrected chi connectivity index (χ3v) is 4.65. The van der Waals surface area contributed by atoms with Crippen molar-refractivity contribution in [1.29, 1.82) is 0 Å². The van der Waals surface area contributed by atoms with E-state index in [1.807, 2.05) is 73.7 Å². The molecule has 0 saturated heterocycles. The van der Waals surface area contributed by atoms with Gasteiger partial charge in [0.25, 0.3) is 0 Å². The van der Waals surface area contributed by atoms with Crippen molar-refractivity contribution in [2.45, 2.75) is 25.8 Å². The zero-order chi connectivity index (χ0) is 18.9. The molecule has 0 radical (unpaired) electrons. The second-order valence-corrected chi connectivity index (χ2v) is 6.66. The van der Waals surface area contributed by atoms with Gasteiger partial charge in [0.2, 0.25) is 0 Å². The van der Waals surface area contributed by atoms with Crippen LogP contribution in [0.3, 0.4) is 0 Å². The number of hydrogen-bond acceptors (Lipinski definition) is 3. The van der Waals surface area contributed by atoms with Crippen LogP contribution in [0.4, 0.5) is 5.69 Å². The molecular formula is C24H25NO2. The lowest BCUT2D eigenvalue weighted by atomic mass is 9.94. The number of carbonyl (C=O) groups is 1. The third kappa shape index (κ3) is 5.71. The van der Waals surface area contributed by atoms with Gasteiger partial charge < -0.3 is 10.1 Å². The standard InChI is InChI=1S/C24H25NO2/c1-19(24(26)27-22-15-9-4-10-16-22)23(25-21-13-7-3-8-14-21)18-17-20-11-5-2-6-12-20/h2-16,19,23,25H,17-18H2,1H3/t19-,23-/m1/s1. The zero-order valence-corrected chi connectivity index (χ0v) is 15.5. The Balaban J connectivity index is 1.70. The zero-order valence-electron chi connectivity index (χ0n) is 15.5. The van der Waals surface area contributed by atoms with E-state index in [9.17, 15) is 4.79 Å². The van der Waals surface area contributed by atoms with Crippen molar-refractivity contribution in [1.82, 2.24) is 0 Å². The van der Waals surface area contributed by atoms with Crippen LogP contribution in [0.1, 0.15) is 18.9 Å². The summed E-state index contributed by atoms with van der Waals surface area (Å²) in [4.78, 5) is 12.7. The summed E-state index contributed by atoms with van der Waals surface area (Å²) >= 11 is 0. The Bertz CT molecular complexity index is 819. The second kappa shape index (κ2) is 9.58. The molecule has 0 aliphatic carbocycles. The van der Waals surface area contributed by atoms with Crippen LogP contribution in [0, 0.1) is 5.92 Å². The number of benzene rings is 3. The molecule has 3 heteroatoms. The fourth-order valence-electron chi connectivity index (χ4n) is 3.02. The van der Waals surface area contributed by atoms with E-state index in [2.05, 4.69) is 17.4 Å². The number of carbonyl (C=O) groups excluding carboxylic acids is 1. The highest BCUT2D eigenvalue weighted by Gasteiger charge is 2.25. The largest absolute Gasteiger partial charge is 0.426 e. The van der Waals surface area contributed by atoms with Crippen LogP contribution in [0.25, 0.3) is 0 Å². The first-order chi connectivity index (χ1) is 13.2. The molecule has 3 nitrogen and oxygen atoms in total. The first kappa shape index (κ1) is 18.7. The van der Waals surface area contributed by atoms with Crippen LogP contribution in [0.15, 0.2) is 91.0 Å². The summed E-state index contributed by atoms with van der Waals surface area (Å²) in [6, 6.07) is 29.5. The summed E-state index contributed by atoms with van der Waals surface area (Å²) in [5.74, 6) is 0.0766. The number of para-hydroxylation sites is 2. The Kier molecular flexibility index (Phi) is 6.64. The molecule has 27 heavy (non-hydrogen) atoms. The summed E-state index contributed by atoms with van der Waals surface area (Å²) < 4.78 is 5.57. The van der Waals surface area contributed by atoms with E-state index >= 15 is 0 Å². The number of esters is 1. The molecule has 0 aliphatic rings. The molecule has 1 N–H and O–H groups in total. The number of aryl methyl sites for hydroxylation is 1. The summed E-state index contributed by atoms with van der Waals surface area (Å²) in [6.45, 7) is 1.93. The van der Waals surface area contributed by atoms with Gasteiger partial charge >= 0.3 is 5.97 Å². The minimum Gasteiger partial charge on any atom is -0.426 e. The van der Waals surface area contributed by atoms with Crippen molar-refractivity contribution in [3.8, 4) is 5.75 Å². The number of nitrogens with one attached hydrogen (secondary N) is 1. The van der Waals surface area contributed by atoms with Gasteiger partial charge in [0.15, 0.2) is 0 Å². The van der Waals surface area contributed by atoms with Gasteiger partial charge in [0.1, 0.15) is 5.75 Å². The average molecular weight is 359 g/mol. The number of ether oxygens (including phenoxy) is 1. The van der Waals surface area contributed by atoms with Crippen molar-refractivity contribution in [2.24, 2.45) is 5.92 Å². The maximum absolute atomic E-state index is 12.7. The van der Waals surface area contributed by atoms with Gasteiger partial charge in [0, 0.05) is 11.7 Å². The van der Waals surface area contributed by atoms with Crippen molar-refractivity contribution < 1.29 is 9.53 Å². The van der Waals surface area contributed by atoms with Gasteiger partial charge in [-0.1, -0.05) is 66.7 Å². The van der Waals surface area contributed by atoms with Crippen molar-refractivity contribution in [2.75, 3.05) is 5.32 Å². The van der Waals surface area contributed by atoms with Crippen molar-refractivity contribution in [3.05, 3.63) is 96.6 Å². The molecule has 3 rings (SSSR count). The van der Waals surface area contributed by atoms with E-state index in [0.29, 0.717) is 5.75 Å². The van der Waals surface area contributed by atoms with E-state index in [1.54, 1.807) is 12.1 Å². The van der Waals surface area contributed by atoms with E-state index < -0.39 is 0 Å². The number of hydrogen-bond donors (Lipinski definition) is 1. The lowest BCUT2D eigenvalue weighted by molar-refractivity contribution is -0.138. The molecule has 0 fully saturated rings. The highest BCUT2D eigenvalue weighted by atomic mass is 16.5. The Hall–Kier alpha value is -3.07. The molecule has 0 aliphatic heterocycles. The Morgan fingerprint density at radius 1 is 0.852 bits per heavy atom. The molecular weight excluding hydrogens is 334 g/mol. The number of anilines is 1. The van der Waals surface area contributed by atoms with E-state index in [-0.39, 0.29) is 17.9 Å². The van der Waals surface area contributed by atoms with Crippen molar-refractivity contribution in [3.63, 3.8) is 0 Å². The monoisotopic (exact) mass is 359 g/mol. The van der Waals surface area contributed by atoms with Gasteiger partial charge in [-0.2, -0.15) is 0 Å². The minimum absolute atomic E-state index is 0.0242. The molecule has 3 aromatic rings. The normalized spacial score (nSPS) is 12.8. The quantitative estimate of drug-likeness (QED) is 0.436. The Labute approximate surface area is 161 Å². The summed E-state index contributed by atoms with van der Waals surface area (Å²) in [6.07, 6.45) is 1.73. The smallest absolute Gasteiger partial charge is 0.316 e. The van der Waals surface area contributed by atoms with Crippen LogP contribution in [-0.2, 0) is 11.2 Å². The average Bonchev–Trinajstić information content (AvgIpc) is 2.73. The Morgan fingerprint density at radius 3 is 2.04 bits per heavy atom. The SMILES string of the molecule is C[C@@H](C(=O)Oc1ccccc1)[C@@H](CCc1ccccc1)Nc1ccccc1. The summed E-state index contributed by atoms with van der Waals surface area (Å²) in [7, 11) is 0. The second-order valence-electron chi connectivity index (χ2n) is 6.66.